The molecule has 1 aliphatic rings. The molecule has 1 fully saturated rings. The Hall–Kier alpha value is -1.20. The molecule has 1 heterocycles. The van der Waals surface area contributed by atoms with Gasteiger partial charge in [0.05, 0.1) is 5.75 Å². The first-order valence-corrected chi connectivity index (χ1v) is 6.71. The van der Waals surface area contributed by atoms with Crippen molar-refractivity contribution in [3.63, 3.8) is 0 Å². The zero-order valence-electron chi connectivity index (χ0n) is 9.69. The predicted molar refractivity (Wildman–Crippen MR) is 71.0 cm³/mol. The fourth-order valence-electron chi connectivity index (χ4n) is 1.75. The fourth-order valence-corrected chi connectivity index (χ4v) is 2.62. The van der Waals surface area contributed by atoms with Crippen LogP contribution >= 0.6 is 11.8 Å². The van der Waals surface area contributed by atoms with E-state index in [0.29, 0.717) is 5.75 Å². The molecule has 0 saturated carbocycles. The van der Waals surface area contributed by atoms with Gasteiger partial charge in [-0.25, -0.2) is 0 Å². The number of nitrogens with one attached hydrogen (secondary N) is 1. The summed E-state index contributed by atoms with van der Waals surface area (Å²) in [4.78, 5) is 14.9. The van der Waals surface area contributed by atoms with Crippen LogP contribution in [0.1, 0.15) is 0 Å². The summed E-state index contributed by atoms with van der Waals surface area (Å²) in [6.07, 6.45) is 0. The van der Waals surface area contributed by atoms with Gasteiger partial charge >= 0.3 is 0 Å². The molecule has 5 heteroatoms. The summed E-state index contributed by atoms with van der Waals surface area (Å²) in [7, 11) is 0. The van der Waals surface area contributed by atoms with Crippen molar-refractivity contribution in [2.24, 2.45) is 0 Å². The number of carbonyl (C=O) groups excluding carboxylic acids is 1. The number of hydrogen-bond donors (Lipinski definition) is 2. The van der Waals surface area contributed by atoms with E-state index in [0.717, 1.165) is 36.8 Å². The zero-order valence-corrected chi connectivity index (χ0v) is 10.5. The van der Waals surface area contributed by atoms with Crippen LogP contribution in [0.3, 0.4) is 0 Å². The average molecular weight is 251 g/mol. The van der Waals surface area contributed by atoms with Gasteiger partial charge in [0.2, 0.25) is 5.91 Å². The molecule has 4 nitrogen and oxygen atoms in total. The Labute approximate surface area is 106 Å². The summed E-state index contributed by atoms with van der Waals surface area (Å²) in [6, 6.07) is 7.64. The summed E-state index contributed by atoms with van der Waals surface area (Å²) in [5, 5.41) is 3.23. The van der Waals surface area contributed by atoms with Crippen LogP contribution in [0.5, 0.6) is 0 Å². The molecule has 0 radical (unpaired) electrons. The smallest absolute Gasteiger partial charge is 0.233 e. The third-order valence-electron chi connectivity index (χ3n) is 2.69. The molecule has 0 atom stereocenters. The third-order valence-corrected chi connectivity index (χ3v) is 3.67. The van der Waals surface area contributed by atoms with Crippen LogP contribution < -0.4 is 11.1 Å². The molecule has 0 bridgehead atoms. The maximum atomic E-state index is 11.9. The quantitative estimate of drug-likeness (QED) is 0.616. The van der Waals surface area contributed by atoms with E-state index in [4.69, 9.17) is 5.73 Å². The maximum Gasteiger partial charge on any atom is 0.233 e. The van der Waals surface area contributed by atoms with Gasteiger partial charge in [-0.2, -0.15) is 0 Å². The SMILES string of the molecule is Nc1cccc(SCC(=O)N2CCNCC2)c1. The molecule has 17 heavy (non-hydrogen) atoms. The van der Waals surface area contributed by atoms with Gasteiger partial charge in [0.25, 0.3) is 0 Å². The largest absolute Gasteiger partial charge is 0.399 e. The Balaban J connectivity index is 1.83. The Bertz CT molecular complexity index is 391. The molecule has 92 valence electrons. The number of rotatable bonds is 3. The first-order valence-electron chi connectivity index (χ1n) is 5.72. The maximum absolute atomic E-state index is 11.9. The van der Waals surface area contributed by atoms with Crippen LogP contribution in [0.2, 0.25) is 0 Å². The second-order valence-corrected chi connectivity index (χ2v) is 5.04. The summed E-state index contributed by atoms with van der Waals surface area (Å²) in [5.41, 5.74) is 6.43. The standard InChI is InChI=1S/C12H17N3OS/c13-10-2-1-3-11(8-10)17-9-12(16)15-6-4-14-5-7-15/h1-3,8,14H,4-7,9,13H2. The predicted octanol–water partition coefficient (Wildman–Crippen LogP) is 0.793. The monoisotopic (exact) mass is 251 g/mol. The molecule has 0 aromatic heterocycles. The van der Waals surface area contributed by atoms with E-state index in [1.807, 2.05) is 29.2 Å². The van der Waals surface area contributed by atoms with Crippen molar-refractivity contribution in [3.8, 4) is 0 Å². The number of thioether (sulfide) groups is 1. The molecule has 2 rings (SSSR count). The number of anilines is 1. The number of hydrogen-bond acceptors (Lipinski definition) is 4. The van der Waals surface area contributed by atoms with Crippen molar-refractivity contribution in [2.45, 2.75) is 4.90 Å². The Morgan fingerprint density at radius 1 is 1.41 bits per heavy atom. The molecule has 1 aromatic rings. The lowest BCUT2D eigenvalue weighted by Crippen LogP contribution is -2.47. The number of nitrogens with zero attached hydrogens (tertiary/aromatic N) is 1. The Morgan fingerprint density at radius 3 is 2.88 bits per heavy atom. The van der Waals surface area contributed by atoms with E-state index >= 15 is 0 Å². The van der Waals surface area contributed by atoms with Crippen LogP contribution in [0.4, 0.5) is 5.69 Å². The van der Waals surface area contributed by atoms with Crippen molar-refractivity contribution < 1.29 is 4.79 Å². The highest BCUT2D eigenvalue weighted by molar-refractivity contribution is 8.00. The number of nitrogen functional groups attached to an aromatic ring is 1. The summed E-state index contributed by atoms with van der Waals surface area (Å²) in [6.45, 7) is 3.43. The highest BCUT2D eigenvalue weighted by atomic mass is 32.2. The fraction of sp³-hybridized carbons (Fsp3) is 0.417. The van der Waals surface area contributed by atoms with Crippen molar-refractivity contribution in [1.29, 1.82) is 0 Å². The summed E-state index contributed by atoms with van der Waals surface area (Å²) < 4.78 is 0. The lowest BCUT2D eigenvalue weighted by atomic mass is 10.3. The van der Waals surface area contributed by atoms with Gasteiger partial charge in [0, 0.05) is 36.8 Å². The van der Waals surface area contributed by atoms with E-state index < -0.39 is 0 Å². The lowest BCUT2D eigenvalue weighted by molar-refractivity contribution is -0.128. The highest BCUT2D eigenvalue weighted by Crippen LogP contribution is 2.20. The molecule has 0 unspecified atom stereocenters. The van der Waals surface area contributed by atoms with E-state index in [2.05, 4.69) is 5.32 Å². The first kappa shape index (κ1) is 12.3. The summed E-state index contributed by atoms with van der Waals surface area (Å²) in [5.74, 6) is 0.697. The average Bonchev–Trinajstić information content (AvgIpc) is 2.37. The molecule has 0 aliphatic carbocycles. The normalized spacial score (nSPS) is 15.9. The second kappa shape index (κ2) is 5.93. The van der Waals surface area contributed by atoms with Gasteiger partial charge in [-0.1, -0.05) is 6.07 Å². The Kier molecular flexibility index (Phi) is 4.28. The van der Waals surface area contributed by atoms with Crippen molar-refractivity contribution in [2.75, 3.05) is 37.7 Å². The van der Waals surface area contributed by atoms with Gasteiger partial charge in [-0.15, -0.1) is 11.8 Å². The number of benzene rings is 1. The molecule has 1 aromatic carbocycles. The van der Waals surface area contributed by atoms with Crippen molar-refractivity contribution in [3.05, 3.63) is 24.3 Å². The lowest BCUT2D eigenvalue weighted by Gasteiger charge is -2.27. The zero-order chi connectivity index (χ0) is 12.1. The third kappa shape index (κ3) is 3.64. The molecular formula is C12H17N3OS. The molecule has 1 saturated heterocycles. The number of carbonyl (C=O) groups is 1. The van der Waals surface area contributed by atoms with Crippen LogP contribution in [0, 0.1) is 0 Å². The van der Waals surface area contributed by atoms with E-state index in [9.17, 15) is 4.79 Å². The van der Waals surface area contributed by atoms with Crippen LogP contribution in [0.25, 0.3) is 0 Å². The van der Waals surface area contributed by atoms with Gasteiger partial charge in [-0.3, -0.25) is 4.79 Å². The van der Waals surface area contributed by atoms with Gasteiger partial charge in [0.15, 0.2) is 0 Å². The van der Waals surface area contributed by atoms with Crippen molar-refractivity contribution in [1.82, 2.24) is 10.2 Å². The minimum absolute atomic E-state index is 0.207. The number of piperazine rings is 1. The first-order chi connectivity index (χ1) is 8.25. The second-order valence-electron chi connectivity index (χ2n) is 3.99. The van der Waals surface area contributed by atoms with Crippen LogP contribution in [0.15, 0.2) is 29.2 Å². The molecule has 3 N–H and O–H groups in total. The van der Waals surface area contributed by atoms with Gasteiger partial charge in [0.1, 0.15) is 0 Å². The molecule has 1 amide bonds. The van der Waals surface area contributed by atoms with Gasteiger partial charge < -0.3 is 16.0 Å². The van der Waals surface area contributed by atoms with Crippen LogP contribution in [-0.2, 0) is 4.79 Å². The molecular weight excluding hydrogens is 234 g/mol. The topological polar surface area (TPSA) is 58.4 Å². The minimum Gasteiger partial charge on any atom is -0.399 e. The van der Waals surface area contributed by atoms with Crippen LogP contribution in [-0.4, -0.2) is 42.7 Å². The van der Waals surface area contributed by atoms with E-state index in [-0.39, 0.29) is 5.91 Å². The molecule has 0 spiro atoms. The Morgan fingerprint density at radius 2 is 2.18 bits per heavy atom. The van der Waals surface area contributed by atoms with Crippen molar-refractivity contribution >= 4 is 23.4 Å². The minimum atomic E-state index is 0.207. The van der Waals surface area contributed by atoms with Gasteiger partial charge in [-0.05, 0) is 18.2 Å². The molecule has 1 aliphatic heterocycles. The van der Waals surface area contributed by atoms with E-state index in [1.54, 1.807) is 11.8 Å². The summed E-state index contributed by atoms with van der Waals surface area (Å²) >= 11 is 1.54. The highest BCUT2D eigenvalue weighted by Gasteiger charge is 2.15. The number of amides is 1. The number of nitrogens with two attached hydrogens (primary N) is 1. The van der Waals surface area contributed by atoms with E-state index in [1.165, 1.54) is 0 Å².